The number of hydrogen-bond donors (Lipinski definition) is 0. The predicted molar refractivity (Wildman–Crippen MR) is 62.3 cm³/mol. The van der Waals surface area contributed by atoms with Gasteiger partial charge in [0.15, 0.2) is 0 Å². The van der Waals surface area contributed by atoms with Crippen molar-refractivity contribution in [1.82, 2.24) is 4.90 Å². The van der Waals surface area contributed by atoms with Crippen LogP contribution >= 0.6 is 0 Å². The van der Waals surface area contributed by atoms with Crippen LogP contribution < -0.4 is 4.74 Å². The molecule has 0 spiro atoms. The van der Waals surface area contributed by atoms with E-state index < -0.39 is 6.36 Å². The van der Waals surface area contributed by atoms with Gasteiger partial charge in [0.2, 0.25) is 0 Å². The lowest BCUT2D eigenvalue weighted by Crippen LogP contribution is -2.29. The Morgan fingerprint density at radius 2 is 1.72 bits per heavy atom. The summed E-state index contributed by atoms with van der Waals surface area (Å²) in [6, 6.07) is 6.35. The molecule has 0 aromatic heterocycles. The van der Waals surface area contributed by atoms with E-state index in [1.165, 1.54) is 12.5 Å². The van der Waals surface area contributed by atoms with E-state index in [1.54, 1.807) is 18.2 Å². The van der Waals surface area contributed by atoms with Gasteiger partial charge < -0.3 is 4.74 Å². The van der Waals surface area contributed by atoms with Crippen molar-refractivity contribution >= 4 is 0 Å². The first-order valence-corrected chi connectivity index (χ1v) is 6.10. The van der Waals surface area contributed by atoms with Crippen LogP contribution in [0.4, 0.5) is 13.2 Å². The highest BCUT2D eigenvalue weighted by Gasteiger charge is 2.32. The molecule has 0 bridgehead atoms. The number of piperidine rings is 1. The fourth-order valence-corrected chi connectivity index (χ4v) is 2.22. The first-order chi connectivity index (χ1) is 8.54. The van der Waals surface area contributed by atoms with E-state index in [-0.39, 0.29) is 5.75 Å². The molecular weight excluding hydrogens is 243 g/mol. The fourth-order valence-electron chi connectivity index (χ4n) is 2.22. The zero-order chi connectivity index (χ0) is 13.0. The molecule has 1 aromatic carbocycles. The molecule has 1 saturated heterocycles. The average Bonchev–Trinajstić information content (AvgIpc) is 2.31. The summed E-state index contributed by atoms with van der Waals surface area (Å²) >= 11 is 0. The molecule has 0 aliphatic carbocycles. The summed E-state index contributed by atoms with van der Waals surface area (Å²) in [4.78, 5) is 2.17. The van der Waals surface area contributed by atoms with E-state index in [1.807, 2.05) is 0 Å². The molecule has 2 rings (SSSR count). The van der Waals surface area contributed by atoms with Crippen LogP contribution in [0.3, 0.4) is 0 Å². The number of nitrogens with zero attached hydrogens (tertiary/aromatic N) is 1. The minimum absolute atomic E-state index is 0.0874. The number of halogens is 3. The molecule has 0 radical (unpaired) electrons. The van der Waals surface area contributed by atoms with Gasteiger partial charge in [0, 0.05) is 12.1 Å². The number of benzene rings is 1. The maximum absolute atomic E-state index is 12.3. The molecule has 0 atom stereocenters. The van der Waals surface area contributed by atoms with Gasteiger partial charge in [0.25, 0.3) is 0 Å². The lowest BCUT2D eigenvalue weighted by atomic mass is 10.1. The van der Waals surface area contributed by atoms with Crippen molar-refractivity contribution in [2.45, 2.75) is 32.2 Å². The second kappa shape index (κ2) is 5.61. The quantitative estimate of drug-likeness (QED) is 0.822. The maximum atomic E-state index is 12.3. The summed E-state index contributed by atoms with van der Waals surface area (Å²) in [7, 11) is 0. The first-order valence-electron chi connectivity index (χ1n) is 6.10. The molecule has 0 saturated carbocycles. The van der Waals surface area contributed by atoms with Crippen molar-refractivity contribution in [3.63, 3.8) is 0 Å². The molecule has 1 fully saturated rings. The average molecular weight is 259 g/mol. The van der Waals surface area contributed by atoms with Crippen LogP contribution in [0.1, 0.15) is 24.8 Å². The molecule has 1 aromatic rings. The zero-order valence-electron chi connectivity index (χ0n) is 10.0. The molecule has 1 aliphatic rings. The molecule has 5 heteroatoms. The summed E-state index contributed by atoms with van der Waals surface area (Å²) in [6.07, 6.45) is -1.19. The second-order valence-corrected chi connectivity index (χ2v) is 4.49. The van der Waals surface area contributed by atoms with Crippen LogP contribution in [0.5, 0.6) is 5.75 Å². The van der Waals surface area contributed by atoms with E-state index in [0.29, 0.717) is 12.1 Å². The van der Waals surface area contributed by atoms with Crippen molar-refractivity contribution in [2.24, 2.45) is 0 Å². The SMILES string of the molecule is FC(F)(F)Oc1ccccc1CN1CCCCC1. The van der Waals surface area contributed by atoms with E-state index in [2.05, 4.69) is 9.64 Å². The smallest absolute Gasteiger partial charge is 0.405 e. The third kappa shape index (κ3) is 3.91. The summed E-state index contributed by atoms with van der Waals surface area (Å²) in [5.74, 6) is -0.0874. The third-order valence-corrected chi connectivity index (χ3v) is 3.04. The Bertz CT molecular complexity index is 386. The Kier molecular flexibility index (Phi) is 4.11. The van der Waals surface area contributed by atoms with Crippen LogP contribution in [-0.4, -0.2) is 24.4 Å². The summed E-state index contributed by atoms with van der Waals surface area (Å²) in [6.45, 7) is 2.41. The van der Waals surface area contributed by atoms with Crippen LogP contribution in [0.25, 0.3) is 0 Å². The zero-order valence-corrected chi connectivity index (χ0v) is 10.0. The van der Waals surface area contributed by atoms with Crippen molar-refractivity contribution in [2.75, 3.05) is 13.1 Å². The van der Waals surface area contributed by atoms with Crippen LogP contribution in [0.15, 0.2) is 24.3 Å². The standard InChI is InChI=1S/C13H16F3NO/c14-13(15,16)18-12-7-3-2-6-11(12)10-17-8-4-1-5-9-17/h2-3,6-7H,1,4-5,8-10H2. The van der Waals surface area contributed by atoms with Crippen LogP contribution in [-0.2, 0) is 6.54 Å². The topological polar surface area (TPSA) is 12.5 Å². The van der Waals surface area contributed by atoms with Gasteiger partial charge in [-0.3, -0.25) is 4.90 Å². The molecule has 2 nitrogen and oxygen atoms in total. The minimum Gasteiger partial charge on any atom is -0.405 e. The number of alkyl halides is 3. The summed E-state index contributed by atoms with van der Waals surface area (Å²) in [5, 5.41) is 0. The van der Waals surface area contributed by atoms with Crippen LogP contribution in [0.2, 0.25) is 0 Å². The highest BCUT2D eigenvalue weighted by molar-refractivity contribution is 5.33. The van der Waals surface area contributed by atoms with Gasteiger partial charge in [-0.1, -0.05) is 24.6 Å². The Balaban J connectivity index is 2.06. The van der Waals surface area contributed by atoms with E-state index in [9.17, 15) is 13.2 Å². The molecule has 100 valence electrons. The number of likely N-dealkylation sites (tertiary alicyclic amines) is 1. The van der Waals surface area contributed by atoms with E-state index in [4.69, 9.17) is 0 Å². The van der Waals surface area contributed by atoms with Crippen molar-refractivity contribution in [1.29, 1.82) is 0 Å². The Morgan fingerprint density at radius 3 is 2.39 bits per heavy atom. The Labute approximate surface area is 104 Å². The number of rotatable bonds is 3. The normalized spacial score (nSPS) is 17.7. The number of hydrogen-bond acceptors (Lipinski definition) is 2. The predicted octanol–water partition coefficient (Wildman–Crippen LogP) is 3.57. The van der Waals surface area contributed by atoms with Gasteiger partial charge in [-0.2, -0.15) is 0 Å². The largest absolute Gasteiger partial charge is 0.573 e. The van der Waals surface area contributed by atoms with Gasteiger partial charge in [0.05, 0.1) is 0 Å². The lowest BCUT2D eigenvalue weighted by molar-refractivity contribution is -0.275. The first kappa shape index (κ1) is 13.2. The Morgan fingerprint density at radius 1 is 1.06 bits per heavy atom. The van der Waals surface area contributed by atoms with Gasteiger partial charge >= 0.3 is 6.36 Å². The highest BCUT2D eigenvalue weighted by Crippen LogP contribution is 2.27. The van der Waals surface area contributed by atoms with Gasteiger partial charge in [-0.25, -0.2) is 0 Å². The monoisotopic (exact) mass is 259 g/mol. The van der Waals surface area contributed by atoms with Crippen LogP contribution in [0, 0.1) is 0 Å². The van der Waals surface area contributed by atoms with Gasteiger partial charge in [-0.15, -0.1) is 13.2 Å². The van der Waals surface area contributed by atoms with Crippen molar-refractivity contribution in [3.8, 4) is 5.75 Å². The number of para-hydroxylation sites is 1. The van der Waals surface area contributed by atoms with Crippen molar-refractivity contribution < 1.29 is 17.9 Å². The fraction of sp³-hybridized carbons (Fsp3) is 0.538. The van der Waals surface area contributed by atoms with Gasteiger partial charge in [-0.05, 0) is 32.0 Å². The highest BCUT2D eigenvalue weighted by atomic mass is 19.4. The van der Waals surface area contributed by atoms with Crippen molar-refractivity contribution in [3.05, 3.63) is 29.8 Å². The van der Waals surface area contributed by atoms with E-state index >= 15 is 0 Å². The van der Waals surface area contributed by atoms with E-state index in [0.717, 1.165) is 25.9 Å². The molecule has 0 amide bonds. The molecule has 0 unspecified atom stereocenters. The number of ether oxygens (including phenoxy) is 1. The molecule has 0 N–H and O–H groups in total. The molecular formula is C13H16F3NO. The summed E-state index contributed by atoms with van der Waals surface area (Å²) in [5.41, 5.74) is 0.594. The lowest BCUT2D eigenvalue weighted by Gasteiger charge is -2.27. The Hall–Kier alpha value is -1.23. The molecule has 1 heterocycles. The second-order valence-electron chi connectivity index (χ2n) is 4.49. The molecule has 18 heavy (non-hydrogen) atoms. The summed E-state index contributed by atoms with van der Waals surface area (Å²) < 4.78 is 40.8. The van der Waals surface area contributed by atoms with Gasteiger partial charge in [0.1, 0.15) is 5.75 Å². The molecule has 1 aliphatic heterocycles. The minimum atomic E-state index is -4.63. The third-order valence-electron chi connectivity index (χ3n) is 3.04. The maximum Gasteiger partial charge on any atom is 0.573 e.